The number of benzene rings is 4. The topological polar surface area (TPSA) is 84.5 Å². The van der Waals surface area contributed by atoms with Crippen molar-refractivity contribution in [3.63, 3.8) is 0 Å². The second-order valence-corrected chi connectivity index (χ2v) is 12.8. The molecule has 1 aliphatic rings. The molecule has 1 N–H and O–H groups in total. The summed E-state index contributed by atoms with van der Waals surface area (Å²) >= 11 is 0. The van der Waals surface area contributed by atoms with E-state index in [0.717, 1.165) is 22.3 Å². The normalized spacial score (nSPS) is 17.8. The predicted octanol–water partition coefficient (Wildman–Crippen LogP) is 7.17. The number of nitrogens with one attached hydrogen (secondary N) is 1. The first-order valence-corrected chi connectivity index (χ1v) is 17.2. The maximum absolute atomic E-state index is 13.5. The molecule has 8 heteroatoms. The van der Waals surface area contributed by atoms with Gasteiger partial charge in [-0.1, -0.05) is 127 Å². The molecule has 8 nitrogen and oxygen atoms in total. The number of esters is 1. The van der Waals surface area contributed by atoms with E-state index < -0.39 is 36.2 Å². The molecular formula is C42H49NO7. The molecule has 0 unspecified atom stereocenters. The number of carbonyl (C=O) groups excluding carboxylic acids is 1. The molecule has 0 aromatic heterocycles. The van der Waals surface area contributed by atoms with Gasteiger partial charge in [-0.2, -0.15) is 0 Å². The molecular weight excluding hydrogens is 630 g/mol. The van der Waals surface area contributed by atoms with Gasteiger partial charge in [0.05, 0.1) is 32.8 Å². The minimum Gasteiger partial charge on any atom is -0.461 e. The highest BCUT2D eigenvalue weighted by atomic mass is 16.8. The molecule has 0 saturated carbocycles. The Labute approximate surface area is 296 Å². The average molecular weight is 680 g/mol. The first-order chi connectivity index (χ1) is 24.4. The van der Waals surface area contributed by atoms with Gasteiger partial charge in [-0.05, 0) is 36.1 Å². The zero-order valence-corrected chi connectivity index (χ0v) is 29.0. The fourth-order valence-electron chi connectivity index (χ4n) is 5.92. The van der Waals surface area contributed by atoms with Gasteiger partial charge in [0.25, 0.3) is 0 Å². The lowest BCUT2D eigenvalue weighted by Crippen LogP contribution is -2.57. The van der Waals surface area contributed by atoms with Crippen molar-refractivity contribution in [2.75, 3.05) is 13.2 Å². The van der Waals surface area contributed by atoms with Crippen molar-refractivity contribution in [3.8, 4) is 0 Å². The van der Waals surface area contributed by atoms with Crippen LogP contribution >= 0.6 is 0 Å². The third kappa shape index (κ3) is 11.7. The van der Waals surface area contributed by atoms with Crippen molar-refractivity contribution in [2.45, 2.75) is 82.9 Å². The van der Waals surface area contributed by atoms with Gasteiger partial charge in [-0.25, -0.2) is 0 Å². The summed E-state index contributed by atoms with van der Waals surface area (Å²) in [5.74, 6) is -1.18. The molecule has 1 aliphatic heterocycles. The smallest absolute Gasteiger partial charge is 0.307 e. The highest BCUT2D eigenvalue weighted by molar-refractivity contribution is 5.70. The van der Waals surface area contributed by atoms with Crippen LogP contribution in [-0.4, -0.2) is 55.4 Å². The molecule has 4 aromatic rings. The van der Waals surface area contributed by atoms with E-state index in [4.69, 9.17) is 28.4 Å². The summed E-state index contributed by atoms with van der Waals surface area (Å²) in [5, 5.41) is 3.50. The Balaban J connectivity index is 1.50. The predicted molar refractivity (Wildman–Crippen MR) is 193 cm³/mol. The fraction of sp³-hybridized carbons (Fsp3) is 0.357. The van der Waals surface area contributed by atoms with Gasteiger partial charge < -0.3 is 33.7 Å². The summed E-state index contributed by atoms with van der Waals surface area (Å²) in [4.78, 5) is 13.5. The molecule has 5 atom stereocenters. The van der Waals surface area contributed by atoms with E-state index in [2.05, 4.69) is 11.9 Å². The van der Waals surface area contributed by atoms with Crippen molar-refractivity contribution in [1.29, 1.82) is 0 Å². The van der Waals surface area contributed by atoms with E-state index in [0.29, 0.717) is 19.8 Å². The van der Waals surface area contributed by atoms with Crippen molar-refractivity contribution in [1.82, 2.24) is 5.32 Å². The molecule has 264 valence electrons. The number of rotatable bonds is 20. The van der Waals surface area contributed by atoms with Gasteiger partial charge in [0.1, 0.15) is 31.0 Å². The summed E-state index contributed by atoms with van der Waals surface area (Å²) in [6.45, 7) is 9.48. The van der Waals surface area contributed by atoms with Gasteiger partial charge >= 0.3 is 5.97 Å². The lowest BCUT2D eigenvalue weighted by molar-refractivity contribution is -0.205. The Hall–Kier alpha value is -4.15. The van der Waals surface area contributed by atoms with Gasteiger partial charge in [0, 0.05) is 12.6 Å². The first-order valence-electron chi connectivity index (χ1n) is 17.2. The Morgan fingerprint density at radius 2 is 1.20 bits per heavy atom. The van der Waals surface area contributed by atoms with Gasteiger partial charge in [-0.15, -0.1) is 6.58 Å². The summed E-state index contributed by atoms with van der Waals surface area (Å²) in [6, 6.07) is 39.0. The standard InChI is InChI=1S/C42H49NO7/c1-4-25-43-36(26-38(44)45-27-32-17-9-5-10-18-32)39(46-28-33-19-11-6-12-20-33)41(48-30-35-23-15-8-16-24-35)40(37-31-49-42(2,3)50-37)47-29-34-21-13-7-14-22-34/h4-24,36-37,39-41,43H,1,25-31H2,2-3H3/t36-,37+,39-,40+,41+/m0/s1. The number of hydrogen-bond donors (Lipinski definition) is 1. The van der Waals surface area contributed by atoms with Crippen molar-refractivity contribution < 1.29 is 33.2 Å². The van der Waals surface area contributed by atoms with E-state index in [-0.39, 0.29) is 32.2 Å². The van der Waals surface area contributed by atoms with E-state index in [9.17, 15) is 4.79 Å². The summed E-state index contributed by atoms with van der Waals surface area (Å²) < 4.78 is 38.8. The molecule has 1 heterocycles. The number of hydrogen-bond acceptors (Lipinski definition) is 8. The highest BCUT2D eigenvalue weighted by Gasteiger charge is 2.47. The third-order valence-corrected chi connectivity index (χ3v) is 8.45. The quantitative estimate of drug-likeness (QED) is 0.0778. The van der Waals surface area contributed by atoms with Crippen LogP contribution in [0.15, 0.2) is 134 Å². The van der Waals surface area contributed by atoms with E-state index in [1.807, 2.05) is 135 Å². The molecule has 1 fully saturated rings. The molecule has 1 saturated heterocycles. The van der Waals surface area contributed by atoms with Gasteiger partial charge in [0.15, 0.2) is 5.79 Å². The molecule has 5 rings (SSSR count). The van der Waals surface area contributed by atoms with E-state index >= 15 is 0 Å². The van der Waals surface area contributed by atoms with Crippen LogP contribution in [0.5, 0.6) is 0 Å². The van der Waals surface area contributed by atoms with Crippen molar-refractivity contribution >= 4 is 5.97 Å². The van der Waals surface area contributed by atoms with Crippen LogP contribution in [0.3, 0.4) is 0 Å². The maximum Gasteiger partial charge on any atom is 0.307 e. The molecule has 0 spiro atoms. The lowest BCUT2D eigenvalue weighted by Gasteiger charge is -2.39. The molecule has 0 amide bonds. The van der Waals surface area contributed by atoms with Crippen LogP contribution in [0.1, 0.15) is 42.5 Å². The zero-order valence-electron chi connectivity index (χ0n) is 29.0. The van der Waals surface area contributed by atoms with Gasteiger partial charge in [0.2, 0.25) is 0 Å². The fourth-order valence-corrected chi connectivity index (χ4v) is 5.92. The third-order valence-electron chi connectivity index (χ3n) is 8.45. The first kappa shape index (κ1) is 37.1. The molecule has 4 aromatic carbocycles. The molecule has 0 bridgehead atoms. The lowest BCUT2D eigenvalue weighted by atomic mass is 9.94. The van der Waals surface area contributed by atoms with Crippen LogP contribution in [0.4, 0.5) is 0 Å². The summed E-state index contributed by atoms with van der Waals surface area (Å²) in [7, 11) is 0. The number of carbonyl (C=O) groups is 1. The second kappa shape index (κ2) is 19.3. The average Bonchev–Trinajstić information content (AvgIpc) is 3.52. The summed E-state index contributed by atoms with van der Waals surface area (Å²) in [6.07, 6.45) is -0.761. The second-order valence-electron chi connectivity index (χ2n) is 12.8. The van der Waals surface area contributed by atoms with Crippen LogP contribution in [0, 0.1) is 0 Å². The SMILES string of the molecule is C=CCN[C@@H](CC(=O)OCc1ccccc1)[C@H](OCc1ccccc1)[C@@H](OCc1ccccc1)[C@H](OCc1ccccc1)[C@H]1COC(C)(C)O1. The molecule has 0 radical (unpaired) electrons. The highest BCUT2D eigenvalue weighted by Crippen LogP contribution is 2.31. The van der Waals surface area contributed by atoms with Crippen LogP contribution < -0.4 is 5.32 Å². The van der Waals surface area contributed by atoms with Crippen molar-refractivity contribution in [3.05, 3.63) is 156 Å². The largest absolute Gasteiger partial charge is 0.461 e. The van der Waals surface area contributed by atoms with E-state index in [1.54, 1.807) is 6.08 Å². The zero-order chi connectivity index (χ0) is 35.0. The van der Waals surface area contributed by atoms with Crippen LogP contribution in [-0.2, 0) is 59.6 Å². The van der Waals surface area contributed by atoms with Crippen molar-refractivity contribution in [2.24, 2.45) is 0 Å². The molecule has 0 aliphatic carbocycles. The minimum absolute atomic E-state index is 0.0181. The maximum atomic E-state index is 13.5. The number of ether oxygens (including phenoxy) is 6. The Morgan fingerprint density at radius 3 is 1.66 bits per heavy atom. The Kier molecular flexibility index (Phi) is 14.3. The van der Waals surface area contributed by atoms with Gasteiger partial charge in [-0.3, -0.25) is 4.79 Å². The van der Waals surface area contributed by atoms with Crippen LogP contribution in [0.2, 0.25) is 0 Å². The monoisotopic (exact) mass is 679 g/mol. The minimum atomic E-state index is -0.814. The summed E-state index contributed by atoms with van der Waals surface area (Å²) in [5.41, 5.74) is 3.89. The molecule has 50 heavy (non-hydrogen) atoms. The Bertz CT molecular complexity index is 1550. The Morgan fingerprint density at radius 1 is 0.740 bits per heavy atom. The van der Waals surface area contributed by atoms with Crippen LogP contribution in [0.25, 0.3) is 0 Å². The van der Waals surface area contributed by atoms with E-state index in [1.165, 1.54) is 0 Å².